The van der Waals surface area contributed by atoms with Gasteiger partial charge in [0.25, 0.3) is 0 Å². The predicted molar refractivity (Wildman–Crippen MR) is 111 cm³/mol. The highest BCUT2D eigenvalue weighted by Gasteiger charge is 2.53. The number of halogens is 1. The number of rotatable bonds is 4. The van der Waals surface area contributed by atoms with E-state index >= 15 is 0 Å². The number of hydrogen-bond donors (Lipinski definition) is 0. The van der Waals surface area contributed by atoms with Crippen molar-refractivity contribution in [3.05, 3.63) is 45.8 Å². The fraction of sp³-hybridized carbons (Fsp3) is 0.500. The van der Waals surface area contributed by atoms with Crippen molar-refractivity contribution in [1.29, 1.82) is 0 Å². The molecular weight excluding hydrogens is 458 g/mol. The molecule has 0 spiro atoms. The van der Waals surface area contributed by atoms with E-state index in [0.29, 0.717) is 37.5 Å². The molecule has 1 amide bonds. The summed E-state index contributed by atoms with van der Waals surface area (Å²) in [4.78, 5) is 15.3. The van der Waals surface area contributed by atoms with Gasteiger partial charge in [0.2, 0.25) is 15.9 Å². The molecule has 1 saturated heterocycles. The van der Waals surface area contributed by atoms with Gasteiger partial charge in [0, 0.05) is 30.7 Å². The molecule has 0 N–H and O–H groups in total. The molecule has 7 nitrogen and oxygen atoms in total. The van der Waals surface area contributed by atoms with Crippen LogP contribution in [-0.4, -0.2) is 54.9 Å². The van der Waals surface area contributed by atoms with Crippen molar-refractivity contribution < 1.29 is 17.7 Å². The van der Waals surface area contributed by atoms with Crippen molar-refractivity contribution in [2.75, 3.05) is 26.2 Å². The van der Waals surface area contributed by atoms with Gasteiger partial charge < -0.3 is 9.42 Å². The molecule has 4 rings (SSSR count). The third kappa shape index (κ3) is 3.64. The Kier molecular flexibility index (Phi) is 5.33. The van der Waals surface area contributed by atoms with Gasteiger partial charge in [-0.3, -0.25) is 4.79 Å². The van der Waals surface area contributed by atoms with Gasteiger partial charge in [0.05, 0.1) is 5.41 Å². The van der Waals surface area contributed by atoms with E-state index in [2.05, 4.69) is 21.1 Å². The molecule has 0 unspecified atom stereocenters. The van der Waals surface area contributed by atoms with Gasteiger partial charge in [-0.25, -0.2) is 8.42 Å². The van der Waals surface area contributed by atoms with Gasteiger partial charge in [-0.2, -0.15) is 4.31 Å². The van der Waals surface area contributed by atoms with E-state index in [1.807, 2.05) is 29.2 Å². The van der Waals surface area contributed by atoms with Gasteiger partial charge >= 0.3 is 0 Å². The second-order valence-electron chi connectivity index (χ2n) is 7.79. The lowest BCUT2D eigenvalue weighted by molar-refractivity contribution is -0.133. The van der Waals surface area contributed by atoms with Crippen LogP contribution < -0.4 is 0 Å². The summed E-state index contributed by atoms with van der Waals surface area (Å²) >= 11 is 3.44. The zero-order valence-corrected chi connectivity index (χ0v) is 18.9. The Hall–Kier alpha value is -1.71. The summed E-state index contributed by atoms with van der Waals surface area (Å²) in [6.45, 7) is 4.84. The third-order valence-electron chi connectivity index (χ3n) is 5.86. The number of carbonyl (C=O) groups is 1. The molecule has 0 bridgehead atoms. The molecule has 0 radical (unpaired) electrons. The largest absolute Gasteiger partial charge is 0.360 e. The molecule has 1 saturated carbocycles. The second kappa shape index (κ2) is 7.52. The third-order valence-corrected chi connectivity index (χ3v) is 8.54. The van der Waals surface area contributed by atoms with E-state index in [0.717, 1.165) is 22.9 Å². The minimum Gasteiger partial charge on any atom is -0.360 e. The lowest BCUT2D eigenvalue weighted by Crippen LogP contribution is -2.42. The molecule has 1 aromatic heterocycles. The molecule has 156 valence electrons. The Bertz CT molecular complexity index is 1010. The van der Waals surface area contributed by atoms with E-state index < -0.39 is 15.4 Å². The normalized spacial score (nSPS) is 19.8. The molecule has 2 heterocycles. The van der Waals surface area contributed by atoms with Crippen LogP contribution in [0.3, 0.4) is 0 Å². The number of aryl methyl sites for hydroxylation is 2. The molecule has 1 aromatic carbocycles. The number of hydrogen-bond acceptors (Lipinski definition) is 5. The lowest BCUT2D eigenvalue weighted by atomic mass is 9.94. The molecule has 0 atom stereocenters. The predicted octanol–water partition coefficient (Wildman–Crippen LogP) is 3.01. The Morgan fingerprint density at radius 1 is 1.10 bits per heavy atom. The number of nitrogens with zero attached hydrogens (tertiary/aromatic N) is 3. The molecule has 2 aromatic rings. The van der Waals surface area contributed by atoms with Gasteiger partial charge in [0.15, 0.2) is 5.76 Å². The maximum absolute atomic E-state index is 13.3. The zero-order chi connectivity index (χ0) is 20.8. The van der Waals surface area contributed by atoms with Crippen LogP contribution >= 0.6 is 15.9 Å². The highest BCUT2D eigenvalue weighted by Crippen LogP contribution is 2.50. The fourth-order valence-electron chi connectivity index (χ4n) is 4.13. The van der Waals surface area contributed by atoms with Crippen LogP contribution in [0.25, 0.3) is 0 Å². The second-order valence-corrected chi connectivity index (χ2v) is 10.6. The lowest BCUT2D eigenvalue weighted by Gasteiger charge is -2.26. The molecule has 1 aliphatic heterocycles. The van der Waals surface area contributed by atoms with Crippen molar-refractivity contribution >= 4 is 31.9 Å². The van der Waals surface area contributed by atoms with E-state index in [1.54, 1.807) is 13.8 Å². The fourth-order valence-corrected chi connectivity index (χ4v) is 6.16. The number of sulfonamides is 1. The SMILES string of the molecule is Cc1noc(C)c1S(=O)(=O)N1CCCN(C(=O)C2(c3ccc(Br)cc3)CC2)CC1. The first-order chi connectivity index (χ1) is 13.8. The van der Waals surface area contributed by atoms with Crippen molar-refractivity contribution in [2.45, 2.75) is 43.4 Å². The zero-order valence-electron chi connectivity index (χ0n) is 16.5. The number of amides is 1. The standard InChI is InChI=1S/C20H24BrN3O4S/c1-14-18(15(2)28-22-14)29(26,27)24-11-3-10-23(12-13-24)19(25)20(8-9-20)16-4-6-17(21)7-5-16/h4-7H,3,8-13H2,1-2H3. The smallest absolute Gasteiger partial charge is 0.248 e. The van der Waals surface area contributed by atoms with Crippen molar-refractivity contribution in [1.82, 2.24) is 14.4 Å². The molecule has 2 fully saturated rings. The quantitative estimate of drug-likeness (QED) is 0.669. The monoisotopic (exact) mass is 481 g/mol. The van der Waals surface area contributed by atoms with Crippen molar-refractivity contribution in [2.24, 2.45) is 0 Å². The Morgan fingerprint density at radius 3 is 2.38 bits per heavy atom. The van der Waals surface area contributed by atoms with Crippen LogP contribution in [0.15, 0.2) is 38.2 Å². The summed E-state index contributed by atoms with van der Waals surface area (Å²) in [6.07, 6.45) is 2.28. The van der Waals surface area contributed by atoms with Gasteiger partial charge in [-0.15, -0.1) is 0 Å². The first kappa shape index (κ1) is 20.6. The molecule has 2 aliphatic rings. The summed E-state index contributed by atoms with van der Waals surface area (Å²) < 4.78 is 33.7. The average Bonchev–Trinajstić information content (AvgIpc) is 3.45. The molecule has 29 heavy (non-hydrogen) atoms. The van der Waals surface area contributed by atoms with Crippen LogP contribution in [0.4, 0.5) is 0 Å². The average molecular weight is 482 g/mol. The molecular formula is C20H24BrN3O4S. The molecule has 1 aliphatic carbocycles. The maximum atomic E-state index is 13.3. The van der Waals surface area contributed by atoms with Crippen LogP contribution in [0.2, 0.25) is 0 Å². The molecule has 9 heteroatoms. The Balaban J connectivity index is 1.51. The van der Waals surface area contributed by atoms with Crippen LogP contribution in [0.5, 0.6) is 0 Å². The first-order valence-electron chi connectivity index (χ1n) is 9.74. The number of aromatic nitrogens is 1. The highest BCUT2D eigenvalue weighted by atomic mass is 79.9. The highest BCUT2D eigenvalue weighted by molar-refractivity contribution is 9.10. The van der Waals surface area contributed by atoms with E-state index in [4.69, 9.17) is 4.52 Å². The Labute approximate surface area is 179 Å². The van der Waals surface area contributed by atoms with Gasteiger partial charge in [-0.05, 0) is 50.8 Å². The van der Waals surface area contributed by atoms with Crippen LogP contribution in [-0.2, 0) is 20.2 Å². The van der Waals surface area contributed by atoms with E-state index in [-0.39, 0.29) is 17.3 Å². The van der Waals surface area contributed by atoms with Crippen molar-refractivity contribution in [3.63, 3.8) is 0 Å². The number of carbonyl (C=O) groups excluding carboxylic acids is 1. The first-order valence-corrected chi connectivity index (χ1v) is 12.0. The van der Waals surface area contributed by atoms with Crippen molar-refractivity contribution in [3.8, 4) is 0 Å². The van der Waals surface area contributed by atoms with Crippen LogP contribution in [0, 0.1) is 13.8 Å². The summed E-state index contributed by atoms with van der Waals surface area (Å²) in [5.41, 5.74) is 0.957. The van der Waals surface area contributed by atoms with Gasteiger partial charge in [0.1, 0.15) is 10.6 Å². The number of benzene rings is 1. The summed E-state index contributed by atoms with van der Waals surface area (Å²) in [7, 11) is -3.70. The Morgan fingerprint density at radius 2 is 1.79 bits per heavy atom. The summed E-state index contributed by atoms with van der Waals surface area (Å²) in [5, 5.41) is 3.78. The van der Waals surface area contributed by atoms with Crippen LogP contribution in [0.1, 0.15) is 36.3 Å². The summed E-state index contributed by atoms with van der Waals surface area (Å²) in [6, 6.07) is 7.92. The maximum Gasteiger partial charge on any atom is 0.248 e. The minimum atomic E-state index is -3.70. The topological polar surface area (TPSA) is 83.7 Å². The van der Waals surface area contributed by atoms with E-state index in [9.17, 15) is 13.2 Å². The van der Waals surface area contributed by atoms with Gasteiger partial charge in [-0.1, -0.05) is 33.2 Å². The van der Waals surface area contributed by atoms with E-state index in [1.165, 1.54) is 4.31 Å². The minimum absolute atomic E-state index is 0.108. The summed E-state index contributed by atoms with van der Waals surface area (Å²) in [5.74, 6) is 0.406.